The fraction of sp³-hybridized carbons (Fsp3) is 0. The Hall–Kier alpha value is -2.24. The van der Waals surface area contributed by atoms with Crippen LogP contribution in [0, 0.1) is 0 Å². The molecule has 0 N–H and O–H groups in total. The van der Waals surface area contributed by atoms with Crippen LogP contribution in [0.4, 0.5) is 0 Å². The quantitative estimate of drug-likeness (QED) is 0.268. The second-order valence-electron chi connectivity index (χ2n) is 6.94. The van der Waals surface area contributed by atoms with Crippen molar-refractivity contribution in [1.82, 2.24) is 0 Å². The summed E-state index contributed by atoms with van der Waals surface area (Å²) in [4.78, 5) is 2.70. The van der Waals surface area contributed by atoms with E-state index in [-0.39, 0.29) is 20.9 Å². The van der Waals surface area contributed by atoms with E-state index >= 15 is 0 Å². The summed E-state index contributed by atoms with van der Waals surface area (Å²) in [6.45, 7) is 0. The summed E-state index contributed by atoms with van der Waals surface area (Å²) in [5.41, 5.74) is 8.35. The molecule has 0 amide bonds. The average molecular weight is 488 g/mol. The molecule has 132 valence electrons. The summed E-state index contributed by atoms with van der Waals surface area (Å²) in [7, 11) is 0. The zero-order chi connectivity index (χ0) is 18.5. The Morgan fingerprint density at radius 1 is 0.429 bits per heavy atom. The molecule has 0 bridgehead atoms. The van der Waals surface area contributed by atoms with Gasteiger partial charge in [-0.05, 0) is 0 Å². The van der Waals surface area contributed by atoms with E-state index in [9.17, 15) is 0 Å². The Balaban J connectivity index is 1.80. The van der Waals surface area contributed by atoms with Gasteiger partial charge in [-0.1, -0.05) is 0 Å². The molecule has 2 aliphatic rings. The van der Waals surface area contributed by atoms with Crippen molar-refractivity contribution in [3.8, 4) is 0 Å². The van der Waals surface area contributed by atoms with E-state index in [4.69, 9.17) is 0 Å². The van der Waals surface area contributed by atoms with Crippen molar-refractivity contribution in [2.75, 3.05) is 0 Å². The Labute approximate surface area is 179 Å². The van der Waals surface area contributed by atoms with E-state index in [1.54, 1.807) is 7.22 Å². The fourth-order valence-corrected chi connectivity index (χ4v) is 8.32. The summed E-state index contributed by atoms with van der Waals surface area (Å²) in [5, 5.41) is 0. The van der Waals surface area contributed by atoms with Crippen LogP contribution in [0.2, 0.25) is 0 Å². The molecule has 0 saturated carbocycles. The van der Waals surface area contributed by atoms with Gasteiger partial charge in [-0.15, -0.1) is 0 Å². The Kier molecular flexibility index (Phi) is 3.98. The van der Waals surface area contributed by atoms with Gasteiger partial charge < -0.3 is 0 Å². The van der Waals surface area contributed by atoms with E-state index in [2.05, 4.69) is 97.1 Å². The molecule has 0 radical (unpaired) electrons. The van der Waals surface area contributed by atoms with Crippen LogP contribution in [-0.4, -0.2) is 20.9 Å². The second kappa shape index (κ2) is 6.68. The zero-order valence-corrected chi connectivity index (χ0v) is 18.2. The van der Waals surface area contributed by atoms with Crippen molar-refractivity contribution in [1.29, 1.82) is 0 Å². The number of rotatable bonds is 0. The van der Waals surface area contributed by atoms with Gasteiger partial charge in [0.1, 0.15) is 0 Å². The molecule has 0 nitrogen and oxygen atoms in total. The van der Waals surface area contributed by atoms with Gasteiger partial charge in [-0.2, -0.15) is 0 Å². The summed E-state index contributed by atoms with van der Waals surface area (Å²) < 4.78 is 3.09. The van der Waals surface area contributed by atoms with Crippen LogP contribution in [0.1, 0.15) is 22.3 Å². The van der Waals surface area contributed by atoms with Crippen molar-refractivity contribution in [3.05, 3.63) is 119 Å². The summed E-state index contributed by atoms with van der Waals surface area (Å²) in [5.74, 6) is 0. The van der Waals surface area contributed by atoms with Crippen molar-refractivity contribution in [2.45, 2.75) is 9.79 Å². The first kappa shape index (κ1) is 16.7. The van der Waals surface area contributed by atoms with E-state index in [1.165, 1.54) is 43.2 Å². The average Bonchev–Trinajstić information content (AvgIpc) is 2.76. The van der Waals surface area contributed by atoms with Crippen LogP contribution in [0.3, 0.4) is 0 Å². The third-order valence-electron chi connectivity index (χ3n) is 5.32. The van der Waals surface area contributed by atoms with Crippen molar-refractivity contribution in [2.24, 2.45) is 0 Å². The molecule has 2 aliphatic heterocycles. The second-order valence-corrected chi connectivity index (χ2v) is 11.1. The summed E-state index contributed by atoms with van der Waals surface area (Å²) >= 11 is 1.53. The van der Waals surface area contributed by atoms with Gasteiger partial charge >= 0.3 is 180 Å². The third-order valence-corrected chi connectivity index (χ3v) is 9.75. The van der Waals surface area contributed by atoms with Gasteiger partial charge in [0.2, 0.25) is 0 Å². The monoisotopic (exact) mass is 490 g/mol. The fourth-order valence-electron chi connectivity index (χ4n) is 4.11. The molecular weight excluding hydrogens is 472 g/mol. The Morgan fingerprint density at radius 2 is 0.821 bits per heavy atom. The molecule has 2 heteroatoms. The van der Waals surface area contributed by atoms with Gasteiger partial charge in [0, 0.05) is 0 Å². The number of hydrogen-bond donors (Lipinski definition) is 0. The molecule has 0 fully saturated rings. The van der Waals surface area contributed by atoms with Crippen LogP contribution >= 0.6 is 11.8 Å². The molecular formula is C26H16STe. The molecule has 0 spiro atoms. The first-order valence-electron chi connectivity index (χ1n) is 9.38. The van der Waals surface area contributed by atoms with Crippen LogP contribution in [0.15, 0.2) is 107 Å². The number of hydrogen-bond acceptors (Lipinski definition) is 1. The van der Waals surface area contributed by atoms with Gasteiger partial charge in [-0.3, -0.25) is 0 Å². The van der Waals surface area contributed by atoms with Gasteiger partial charge in [0.15, 0.2) is 0 Å². The summed E-state index contributed by atoms with van der Waals surface area (Å²) in [6, 6.07) is 35.8. The molecule has 0 aliphatic carbocycles. The van der Waals surface area contributed by atoms with Crippen molar-refractivity contribution >= 4 is 51.1 Å². The molecule has 0 aromatic heterocycles. The molecule has 28 heavy (non-hydrogen) atoms. The molecule has 4 aromatic rings. The first-order chi connectivity index (χ1) is 13.9. The maximum atomic E-state index is 2.34. The van der Waals surface area contributed by atoms with Gasteiger partial charge in [-0.25, -0.2) is 0 Å². The minimum atomic E-state index is -0.360. The van der Waals surface area contributed by atoms with Crippen molar-refractivity contribution in [3.63, 3.8) is 0 Å². The molecule has 6 rings (SSSR count). The number of fused-ring (bicyclic) bond motifs is 4. The standard InChI is InChI=1S/C26H16STe/c1-5-13-21-17(9-1)25(18-10-2-6-14-22(18)27-21)26-19-11-3-7-15-23(19)28-24-16-8-4-12-20(24)26/h1-16H. The predicted molar refractivity (Wildman–Crippen MR) is 120 cm³/mol. The normalized spacial score (nSPS) is 14.0. The molecule has 4 aromatic carbocycles. The third kappa shape index (κ3) is 2.53. The van der Waals surface area contributed by atoms with Gasteiger partial charge in [0.25, 0.3) is 0 Å². The van der Waals surface area contributed by atoms with E-state index < -0.39 is 0 Å². The van der Waals surface area contributed by atoms with Crippen LogP contribution in [0.5, 0.6) is 0 Å². The molecule has 2 heterocycles. The topological polar surface area (TPSA) is 0 Å². The SMILES string of the molecule is c1ccc2c(c1)Sc1ccccc1C2=C1c2ccccc2[Te]c2ccccc21. The van der Waals surface area contributed by atoms with Gasteiger partial charge in [0.05, 0.1) is 0 Å². The Bertz CT molecular complexity index is 1070. The van der Waals surface area contributed by atoms with Crippen molar-refractivity contribution < 1.29 is 0 Å². The number of benzene rings is 4. The van der Waals surface area contributed by atoms with Crippen LogP contribution in [0.25, 0.3) is 11.1 Å². The summed E-state index contributed by atoms with van der Waals surface area (Å²) in [6.07, 6.45) is 0. The maximum absolute atomic E-state index is 2.34. The molecule has 0 unspecified atom stereocenters. The predicted octanol–water partition coefficient (Wildman–Crippen LogP) is 5.13. The molecule has 0 saturated heterocycles. The minimum absolute atomic E-state index is 0.360. The van der Waals surface area contributed by atoms with E-state index in [1.807, 2.05) is 11.8 Å². The zero-order valence-electron chi connectivity index (χ0n) is 15.1. The molecule has 0 atom stereocenters. The first-order valence-corrected chi connectivity index (χ1v) is 12.5. The van der Waals surface area contributed by atoms with Crippen LogP contribution in [-0.2, 0) is 0 Å². The van der Waals surface area contributed by atoms with Crippen LogP contribution < -0.4 is 7.22 Å². The Morgan fingerprint density at radius 3 is 1.36 bits per heavy atom. The van der Waals surface area contributed by atoms with E-state index in [0.717, 1.165) is 0 Å². The van der Waals surface area contributed by atoms with E-state index in [0.29, 0.717) is 0 Å².